The van der Waals surface area contributed by atoms with Crippen molar-refractivity contribution in [3.63, 3.8) is 0 Å². The molecule has 0 spiro atoms. The molecule has 1 aromatic carbocycles. The Kier molecular flexibility index (Phi) is 6.30. The van der Waals surface area contributed by atoms with Gasteiger partial charge >= 0.3 is 0 Å². The Morgan fingerprint density at radius 3 is 2.92 bits per heavy atom. The molecule has 1 heterocycles. The maximum atomic E-state index is 12.2. The first kappa shape index (κ1) is 17.5. The van der Waals surface area contributed by atoms with Crippen molar-refractivity contribution >= 4 is 11.6 Å². The molecule has 0 aliphatic heterocycles. The van der Waals surface area contributed by atoms with Crippen LogP contribution in [0.5, 0.6) is 11.6 Å². The van der Waals surface area contributed by atoms with Gasteiger partial charge < -0.3 is 20.5 Å². The third-order valence-corrected chi connectivity index (χ3v) is 2.96. The normalized spacial score (nSPS) is 11.4. The van der Waals surface area contributed by atoms with Gasteiger partial charge in [0.15, 0.2) is 12.6 Å². The summed E-state index contributed by atoms with van der Waals surface area (Å²) in [5, 5.41) is 2.92. The lowest BCUT2D eigenvalue weighted by atomic mass is 10.3. The Bertz CT molecular complexity index is 695. The quantitative estimate of drug-likeness (QED) is 0.600. The number of alkyl halides is 2. The molecule has 0 aliphatic carbocycles. The monoisotopic (exact) mass is 336 g/mol. The molecule has 0 radical (unpaired) electrons. The van der Waals surface area contributed by atoms with Crippen LogP contribution in [-0.4, -0.2) is 31.1 Å². The van der Waals surface area contributed by atoms with Crippen molar-refractivity contribution in [2.75, 3.05) is 19.0 Å². The zero-order valence-electron chi connectivity index (χ0n) is 13.1. The zero-order chi connectivity index (χ0) is 17.4. The van der Waals surface area contributed by atoms with E-state index in [1.807, 2.05) is 12.1 Å². The Morgan fingerprint density at radius 2 is 2.17 bits per heavy atom. The number of hydrogen-bond donors (Lipinski definition) is 2. The summed E-state index contributed by atoms with van der Waals surface area (Å²) < 4.78 is 34.6. The second-order valence-corrected chi connectivity index (χ2v) is 4.73. The molecule has 3 N–H and O–H groups in total. The van der Waals surface area contributed by atoms with Crippen LogP contribution in [0.25, 0.3) is 0 Å². The molecule has 0 saturated heterocycles. The predicted molar refractivity (Wildman–Crippen MR) is 87.7 cm³/mol. The average molecular weight is 336 g/mol. The molecule has 8 heteroatoms. The maximum Gasteiger partial charge on any atom is 0.272 e. The zero-order valence-corrected chi connectivity index (χ0v) is 13.1. The van der Waals surface area contributed by atoms with Gasteiger partial charge in [0.05, 0.1) is 13.7 Å². The number of pyridine rings is 1. The van der Waals surface area contributed by atoms with Crippen LogP contribution in [0.15, 0.2) is 47.6 Å². The number of nitrogens with two attached hydrogens (primary N) is 1. The van der Waals surface area contributed by atoms with E-state index in [2.05, 4.69) is 15.3 Å². The topological polar surface area (TPSA) is 81.8 Å². The van der Waals surface area contributed by atoms with Crippen LogP contribution in [0.3, 0.4) is 0 Å². The van der Waals surface area contributed by atoms with Crippen LogP contribution >= 0.6 is 0 Å². The van der Waals surface area contributed by atoms with Crippen molar-refractivity contribution < 1.29 is 18.3 Å². The number of aliphatic imine (C=N–C) groups is 1. The number of guanidine groups is 1. The summed E-state index contributed by atoms with van der Waals surface area (Å²) in [6, 6.07) is 10.6. The molecular weight excluding hydrogens is 318 g/mol. The van der Waals surface area contributed by atoms with Gasteiger partial charge in [0, 0.05) is 23.5 Å². The number of benzene rings is 1. The van der Waals surface area contributed by atoms with Crippen molar-refractivity contribution in [2.45, 2.75) is 13.0 Å². The molecule has 0 fully saturated rings. The smallest absolute Gasteiger partial charge is 0.272 e. The Balaban J connectivity index is 2.01. The van der Waals surface area contributed by atoms with Gasteiger partial charge in [-0.3, -0.25) is 0 Å². The highest BCUT2D eigenvalue weighted by Crippen LogP contribution is 2.18. The number of nitrogens with zero attached hydrogens (tertiary/aromatic N) is 2. The van der Waals surface area contributed by atoms with Crippen LogP contribution < -0.4 is 20.5 Å². The fraction of sp³-hybridized carbons (Fsp3) is 0.250. The number of nitrogens with one attached hydrogen (secondary N) is 1. The Morgan fingerprint density at radius 1 is 1.33 bits per heavy atom. The minimum Gasteiger partial charge on any atom is -0.497 e. The van der Waals surface area contributed by atoms with Gasteiger partial charge in [-0.15, -0.1) is 0 Å². The maximum absolute atomic E-state index is 12.2. The number of anilines is 1. The van der Waals surface area contributed by atoms with Gasteiger partial charge in [-0.2, -0.15) is 0 Å². The SMILES string of the molecule is COc1cccc(NC(N)=NCc2cccnc2OCC(F)F)c1. The van der Waals surface area contributed by atoms with Gasteiger partial charge in [0.25, 0.3) is 6.43 Å². The molecule has 6 nitrogen and oxygen atoms in total. The molecular formula is C16H18F2N4O2. The van der Waals surface area contributed by atoms with Crippen molar-refractivity contribution in [2.24, 2.45) is 10.7 Å². The van der Waals surface area contributed by atoms with Crippen LogP contribution in [0.2, 0.25) is 0 Å². The summed E-state index contributed by atoms with van der Waals surface area (Å²) in [5.74, 6) is 0.977. The minimum absolute atomic E-state index is 0.121. The molecule has 0 bridgehead atoms. The van der Waals surface area contributed by atoms with E-state index in [9.17, 15) is 8.78 Å². The molecule has 1 aromatic heterocycles. The fourth-order valence-corrected chi connectivity index (χ4v) is 1.87. The summed E-state index contributed by atoms with van der Waals surface area (Å²) in [5.41, 5.74) is 7.12. The van der Waals surface area contributed by atoms with E-state index in [0.717, 1.165) is 5.69 Å². The lowest BCUT2D eigenvalue weighted by molar-refractivity contribution is 0.0791. The van der Waals surface area contributed by atoms with E-state index >= 15 is 0 Å². The van der Waals surface area contributed by atoms with E-state index in [1.54, 1.807) is 31.4 Å². The van der Waals surface area contributed by atoms with Gasteiger partial charge in [0.2, 0.25) is 5.88 Å². The second kappa shape index (κ2) is 8.66. The van der Waals surface area contributed by atoms with Crippen LogP contribution in [0, 0.1) is 0 Å². The van der Waals surface area contributed by atoms with Gasteiger partial charge in [0.1, 0.15) is 5.75 Å². The molecule has 0 unspecified atom stereocenters. The van der Waals surface area contributed by atoms with Crippen molar-refractivity contribution in [3.05, 3.63) is 48.2 Å². The van der Waals surface area contributed by atoms with Crippen LogP contribution in [0.1, 0.15) is 5.56 Å². The molecule has 0 atom stereocenters. The highest BCUT2D eigenvalue weighted by Gasteiger charge is 2.08. The second-order valence-electron chi connectivity index (χ2n) is 4.73. The minimum atomic E-state index is -2.57. The highest BCUT2D eigenvalue weighted by molar-refractivity contribution is 5.92. The number of methoxy groups -OCH3 is 1. The van der Waals surface area contributed by atoms with Gasteiger partial charge in [-0.25, -0.2) is 18.8 Å². The molecule has 0 aliphatic rings. The lowest BCUT2D eigenvalue weighted by Gasteiger charge is -2.09. The number of ether oxygens (including phenoxy) is 2. The summed E-state index contributed by atoms with van der Waals surface area (Å²) >= 11 is 0. The first-order valence-corrected chi connectivity index (χ1v) is 7.14. The van der Waals surface area contributed by atoms with E-state index in [0.29, 0.717) is 11.3 Å². The lowest BCUT2D eigenvalue weighted by Crippen LogP contribution is -2.22. The Hall–Kier alpha value is -2.90. The van der Waals surface area contributed by atoms with Crippen molar-refractivity contribution in [1.82, 2.24) is 4.98 Å². The van der Waals surface area contributed by atoms with Crippen molar-refractivity contribution in [3.8, 4) is 11.6 Å². The summed E-state index contributed by atoms with van der Waals surface area (Å²) in [6.45, 7) is -0.569. The molecule has 2 aromatic rings. The number of hydrogen-bond acceptors (Lipinski definition) is 4. The molecule has 24 heavy (non-hydrogen) atoms. The van der Waals surface area contributed by atoms with Crippen LogP contribution in [-0.2, 0) is 6.54 Å². The number of halogens is 2. The Labute approximate surface area is 138 Å². The first-order chi connectivity index (χ1) is 11.6. The van der Waals surface area contributed by atoms with Crippen LogP contribution in [0.4, 0.5) is 14.5 Å². The standard InChI is InChI=1S/C16H18F2N4O2/c1-23-13-6-2-5-12(8-13)22-16(19)21-9-11-4-3-7-20-15(11)24-10-14(17)18/h2-8,14H,9-10H2,1H3,(H3,19,21,22). The van der Waals surface area contributed by atoms with E-state index in [4.69, 9.17) is 15.2 Å². The average Bonchev–Trinajstić information content (AvgIpc) is 2.59. The molecule has 128 valence electrons. The molecule has 2 rings (SSSR count). The number of rotatable bonds is 7. The van der Waals surface area contributed by atoms with E-state index in [1.165, 1.54) is 6.20 Å². The molecule has 0 saturated carbocycles. The first-order valence-electron chi connectivity index (χ1n) is 7.14. The third kappa shape index (κ3) is 5.38. The van der Waals surface area contributed by atoms with E-state index < -0.39 is 13.0 Å². The fourth-order valence-electron chi connectivity index (χ4n) is 1.87. The summed E-state index contributed by atoms with van der Waals surface area (Å²) in [4.78, 5) is 8.10. The highest BCUT2D eigenvalue weighted by atomic mass is 19.3. The summed E-state index contributed by atoms with van der Waals surface area (Å²) in [6.07, 6.45) is -1.10. The van der Waals surface area contributed by atoms with Gasteiger partial charge in [-0.05, 0) is 18.2 Å². The number of aromatic nitrogens is 1. The van der Waals surface area contributed by atoms with E-state index in [-0.39, 0.29) is 18.4 Å². The third-order valence-electron chi connectivity index (χ3n) is 2.96. The predicted octanol–water partition coefficient (Wildman–Crippen LogP) is 2.66. The molecule has 0 amide bonds. The largest absolute Gasteiger partial charge is 0.497 e. The van der Waals surface area contributed by atoms with Gasteiger partial charge in [-0.1, -0.05) is 12.1 Å². The van der Waals surface area contributed by atoms with Crippen molar-refractivity contribution in [1.29, 1.82) is 0 Å². The summed E-state index contributed by atoms with van der Waals surface area (Å²) in [7, 11) is 1.57.